The maximum Gasteiger partial charge on any atom is 0.416 e. The molecule has 9 heteroatoms. The lowest BCUT2D eigenvalue weighted by Gasteiger charge is -2.15. The summed E-state index contributed by atoms with van der Waals surface area (Å²) >= 11 is 0. The van der Waals surface area contributed by atoms with Gasteiger partial charge < -0.3 is 15.0 Å². The van der Waals surface area contributed by atoms with E-state index in [1.54, 1.807) is 48.0 Å². The van der Waals surface area contributed by atoms with Crippen molar-refractivity contribution in [1.29, 1.82) is 0 Å². The van der Waals surface area contributed by atoms with Crippen molar-refractivity contribution in [2.45, 2.75) is 26.1 Å². The lowest BCUT2D eigenvalue weighted by atomic mass is 10.0. The lowest BCUT2D eigenvalue weighted by molar-refractivity contribution is -0.137. The zero-order valence-electron chi connectivity index (χ0n) is 18.1. The van der Waals surface area contributed by atoms with Gasteiger partial charge in [-0.05, 0) is 60.0 Å². The SMILES string of the molecule is CCc1c(NC(=O)c2cc3ncccc3n2Cc2cccc(C(F)(F)F)c2)cccc1C(=O)O. The molecule has 0 saturated carbocycles. The highest BCUT2D eigenvalue weighted by Crippen LogP contribution is 2.30. The van der Waals surface area contributed by atoms with E-state index in [4.69, 9.17) is 0 Å². The summed E-state index contributed by atoms with van der Waals surface area (Å²) in [6, 6.07) is 14.5. The highest BCUT2D eigenvalue weighted by atomic mass is 19.4. The maximum absolute atomic E-state index is 13.3. The Kier molecular flexibility index (Phi) is 6.10. The molecule has 1 amide bonds. The second-order valence-corrected chi connectivity index (χ2v) is 7.67. The Balaban J connectivity index is 1.75. The van der Waals surface area contributed by atoms with Crippen LogP contribution in [0.4, 0.5) is 18.9 Å². The average Bonchev–Trinajstić information content (AvgIpc) is 3.17. The minimum absolute atomic E-state index is 0.0116. The predicted octanol–water partition coefficient (Wildman–Crippen LogP) is 5.62. The summed E-state index contributed by atoms with van der Waals surface area (Å²) in [6.07, 6.45) is -2.54. The number of carboxylic acid groups (broad SMARTS) is 1. The number of fused-ring (bicyclic) bond motifs is 1. The molecule has 2 aromatic heterocycles. The van der Waals surface area contributed by atoms with Gasteiger partial charge in [0.15, 0.2) is 0 Å². The fourth-order valence-corrected chi connectivity index (χ4v) is 3.94. The van der Waals surface area contributed by atoms with E-state index >= 15 is 0 Å². The van der Waals surface area contributed by atoms with Crippen LogP contribution in [0.25, 0.3) is 11.0 Å². The Hall–Kier alpha value is -4.14. The van der Waals surface area contributed by atoms with E-state index in [2.05, 4.69) is 10.3 Å². The summed E-state index contributed by atoms with van der Waals surface area (Å²) in [5, 5.41) is 12.2. The number of aromatic nitrogens is 2. The largest absolute Gasteiger partial charge is 0.478 e. The van der Waals surface area contributed by atoms with Crippen molar-refractivity contribution in [2.24, 2.45) is 0 Å². The molecule has 4 rings (SSSR count). The summed E-state index contributed by atoms with van der Waals surface area (Å²) < 4.78 is 41.2. The quantitative estimate of drug-likeness (QED) is 0.386. The van der Waals surface area contributed by atoms with E-state index in [9.17, 15) is 27.9 Å². The van der Waals surface area contributed by atoms with Gasteiger partial charge in [-0.2, -0.15) is 13.2 Å². The third-order valence-corrected chi connectivity index (χ3v) is 5.51. The van der Waals surface area contributed by atoms with E-state index in [-0.39, 0.29) is 17.8 Å². The van der Waals surface area contributed by atoms with Gasteiger partial charge in [0.05, 0.1) is 22.2 Å². The molecule has 2 N–H and O–H groups in total. The Bertz CT molecular complexity index is 1390. The summed E-state index contributed by atoms with van der Waals surface area (Å²) in [6.45, 7) is 1.80. The number of carbonyl (C=O) groups is 2. The van der Waals surface area contributed by atoms with Crippen LogP contribution in [0.1, 0.15) is 44.5 Å². The number of carboxylic acids is 1. The minimum atomic E-state index is -4.48. The Morgan fingerprint density at radius 3 is 2.53 bits per heavy atom. The second-order valence-electron chi connectivity index (χ2n) is 7.67. The number of hydrogen-bond donors (Lipinski definition) is 2. The van der Waals surface area contributed by atoms with Gasteiger partial charge in [0, 0.05) is 18.4 Å². The predicted molar refractivity (Wildman–Crippen MR) is 121 cm³/mol. The molecule has 0 saturated heterocycles. The molecule has 6 nitrogen and oxygen atoms in total. The number of rotatable bonds is 6. The molecular weight excluding hydrogens is 447 g/mol. The van der Waals surface area contributed by atoms with Crippen LogP contribution in [-0.2, 0) is 19.1 Å². The van der Waals surface area contributed by atoms with E-state index in [1.165, 1.54) is 18.2 Å². The lowest BCUT2D eigenvalue weighted by Crippen LogP contribution is -2.19. The van der Waals surface area contributed by atoms with E-state index in [1.807, 2.05) is 0 Å². The number of amides is 1. The summed E-state index contributed by atoms with van der Waals surface area (Å²) in [4.78, 5) is 29.1. The molecule has 0 aliphatic heterocycles. The van der Waals surface area contributed by atoms with Crippen LogP contribution in [0.5, 0.6) is 0 Å². The normalized spacial score (nSPS) is 11.5. The standard InChI is InChI=1S/C25H20F3N3O3/c1-2-17-18(24(33)34)8-4-9-19(17)30-23(32)22-13-20-21(10-5-11-29-20)31(22)14-15-6-3-7-16(12-15)25(26,27)28/h3-13H,2,14H2,1H3,(H,30,32)(H,33,34). The van der Waals surface area contributed by atoms with Crippen LogP contribution < -0.4 is 5.32 Å². The van der Waals surface area contributed by atoms with E-state index in [0.29, 0.717) is 34.3 Å². The molecule has 0 aliphatic carbocycles. The molecular formula is C25H20F3N3O3. The molecule has 0 unspecified atom stereocenters. The van der Waals surface area contributed by atoms with Crippen molar-refractivity contribution in [1.82, 2.24) is 9.55 Å². The van der Waals surface area contributed by atoms with Crippen molar-refractivity contribution in [3.8, 4) is 0 Å². The number of benzene rings is 2. The topological polar surface area (TPSA) is 84.2 Å². The first-order chi connectivity index (χ1) is 16.2. The molecule has 2 aromatic carbocycles. The van der Waals surface area contributed by atoms with Crippen molar-refractivity contribution < 1.29 is 27.9 Å². The molecule has 0 bridgehead atoms. The number of nitrogens with zero attached hydrogens (tertiary/aromatic N) is 2. The number of alkyl halides is 3. The van der Waals surface area contributed by atoms with Gasteiger partial charge in [0.1, 0.15) is 5.69 Å². The van der Waals surface area contributed by atoms with Crippen LogP contribution in [0.2, 0.25) is 0 Å². The number of aromatic carboxylic acids is 1. The molecule has 34 heavy (non-hydrogen) atoms. The summed E-state index contributed by atoms with van der Waals surface area (Å²) in [7, 11) is 0. The molecule has 0 spiro atoms. The summed E-state index contributed by atoms with van der Waals surface area (Å²) in [5.74, 6) is -1.63. The average molecular weight is 467 g/mol. The van der Waals surface area contributed by atoms with Gasteiger partial charge in [-0.25, -0.2) is 4.79 Å². The molecule has 4 aromatic rings. The number of nitrogens with one attached hydrogen (secondary N) is 1. The number of carbonyl (C=O) groups excluding carboxylic acids is 1. The Morgan fingerprint density at radius 1 is 1.06 bits per heavy atom. The molecule has 0 fully saturated rings. The second kappa shape index (κ2) is 9.01. The fourth-order valence-electron chi connectivity index (χ4n) is 3.94. The summed E-state index contributed by atoms with van der Waals surface area (Å²) in [5.41, 5.74) is 1.80. The van der Waals surface area contributed by atoms with Crippen LogP contribution in [0.3, 0.4) is 0 Å². The van der Waals surface area contributed by atoms with Crippen LogP contribution >= 0.6 is 0 Å². The van der Waals surface area contributed by atoms with Gasteiger partial charge in [0.2, 0.25) is 0 Å². The Labute approximate surface area is 192 Å². The monoisotopic (exact) mass is 467 g/mol. The van der Waals surface area contributed by atoms with E-state index in [0.717, 1.165) is 12.1 Å². The molecule has 0 radical (unpaired) electrons. The maximum atomic E-state index is 13.3. The Morgan fingerprint density at radius 2 is 1.82 bits per heavy atom. The first-order valence-corrected chi connectivity index (χ1v) is 10.5. The first-order valence-electron chi connectivity index (χ1n) is 10.5. The van der Waals surface area contributed by atoms with Crippen LogP contribution in [0, 0.1) is 0 Å². The zero-order chi connectivity index (χ0) is 24.5. The zero-order valence-corrected chi connectivity index (χ0v) is 18.1. The third kappa shape index (κ3) is 4.50. The molecule has 2 heterocycles. The van der Waals surface area contributed by atoms with Gasteiger partial charge >= 0.3 is 12.1 Å². The number of halogens is 3. The van der Waals surface area contributed by atoms with Gasteiger partial charge in [-0.15, -0.1) is 0 Å². The minimum Gasteiger partial charge on any atom is -0.478 e. The number of pyridine rings is 1. The highest BCUT2D eigenvalue weighted by Gasteiger charge is 2.30. The van der Waals surface area contributed by atoms with Crippen LogP contribution in [-0.4, -0.2) is 26.5 Å². The number of hydrogen-bond acceptors (Lipinski definition) is 3. The first kappa shape index (κ1) is 23.0. The third-order valence-electron chi connectivity index (χ3n) is 5.51. The molecule has 0 atom stereocenters. The van der Waals surface area contributed by atoms with E-state index < -0.39 is 23.6 Å². The molecule has 174 valence electrons. The highest BCUT2D eigenvalue weighted by molar-refractivity contribution is 6.07. The van der Waals surface area contributed by atoms with Crippen molar-refractivity contribution in [3.63, 3.8) is 0 Å². The van der Waals surface area contributed by atoms with Gasteiger partial charge in [0.25, 0.3) is 5.91 Å². The van der Waals surface area contributed by atoms with Crippen molar-refractivity contribution in [3.05, 3.63) is 94.8 Å². The van der Waals surface area contributed by atoms with Crippen molar-refractivity contribution in [2.75, 3.05) is 5.32 Å². The van der Waals surface area contributed by atoms with Gasteiger partial charge in [-0.3, -0.25) is 9.78 Å². The van der Waals surface area contributed by atoms with Crippen molar-refractivity contribution >= 4 is 28.6 Å². The molecule has 0 aliphatic rings. The smallest absolute Gasteiger partial charge is 0.416 e. The fraction of sp³-hybridized carbons (Fsp3) is 0.160. The number of anilines is 1. The van der Waals surface area contributed by atoms with Gasteiger partial charge in [-0.1, -0.05) is 25.1 Å². The van der Waals surface area contributed by atoms with Crippen LogP contribution in [0.15, 0.2) is 66.9 Å².